The van der Waals surface area contributed by atoms with E-state index < -0.39 is 5.41 Å². The van der Waals surface area contributed by atoms with Crippen LogP contribution >= 0.6 is 0 Å². The van der Waals surface area contributed by atoms with E-state index >= 15 is 0 Å². The molecule has 0 radical (unpaired) electrons. The van der Waals surface area contributed by atoms with Crippen molar-refractivity contribution in [2.24, 2.45) is 16.3 Å². The standard InChI is InChI=1S/C12H20N6O2/c13-10(18-20)12(5-3-1-2-4-6-12)11(19)14-7-9-15-8-16-17-9/h8,20H,1-7H2,(H2,13,18)(H,14,19)(H,15,16,17). The minimum absolute atomic E-state index is 0.00512. The first kappa shape index (κ1) is 14.3. The van der Waals surface area contributed by atoms with Crippen molar-refractivity contribution in [2.45, 2.75) is 45.1 Å². The molecule has 2 rings (SSSR count). The molecule has 0 saturated heterocycles. The maximum Gasteiger partial charge on any atom is 0.234 e. The van der Waals surface area contributed by atoms with E-state index in [4.69, 9.17) is 10.9 Å². The summed E-state index contributed by atoms with van der Waals surface area (Å²) in [6, 6.07) is 0. The van der Waals surface area contributed by atoms with Gasteiger partial charge in [0.2, 0.25) is 5.91 Å². The summed E-state index contributed by atoms with van der Waals surface area (Å²) in [5.74, 6) is 0.349. The van der Waals surface area contributed by atoms with Gasteiger partial charge in [0.05, 0.1) is 6.54 Å². The van der Waals surface area contributed by atoms with Crippen molar-refractivity contribution in [2.75, 3.05) is 0 Å². The van der Waals surface area contributed by atoms with Crippen LogP contribution in [0.3, 0.4) is 0 Å². The van der Waals surface area contributed by atoms with E-state index in [9.17, 15) is 4.79 Å². The van der Waals surface area contributed by atoms with E-state index in [0.717, 1.165) is 25.7 Å². The molecule has 0 aromatic carbocycles. The van der Waals surface area contributed by atoms with Crippen molar-refractivity contribution >= 4 is 11.7 Å². The first-order chi connectivity index (χ1) is 9.69. The minimum Gasteiger partial charge on any atom is -0.409 e. The smallest absolute Gasteiger partial charge is 0.234 e. The number of nitrogens with zero attached hydrogens (tertiary/aromatic N) is 3. The van der Waals surface area contributed by atoms with Crippen LogP contribution in [0.2, 0.25) is 0 Å². The lowest BCUT2D eigenvalue weighted by atomic mass is 9.78. The second kappa shape index (κ2) is 6.36. The Labute approximate surface area is 116 Å². The predicted octanol–water partition coefficient (Wildman–Crippen LogP) is 0.508. The first-order valence-corrected chi connectivity index (χ1v) is 6.79. The van der Waals surface area contributed by atoms with Crippen molar-refractivity contribution in [1.29, 1.82) is 0 Å². The fourth-order valence-electron chi connectivity index (χ4n) is 2.68. The average Bonchev–Trinajstić information content (AvgIpc) is 2.86. The van der Waals surface area contributed by atoms with Crippen molar-refractivity contribution in [3.63, 3.8) is 0 Å². The lowest BCUT2D eigenvalue weighted by Crippen LogP contribution is -2.49. The van der Waals surface area contributed by atoms with Gasteiger partial charge in [0, 0.05) is 0 Å². The summed E-state index contributed by atoms with van der Waals surface area (Å²) in [7, 11) is 0. The Morgan fingerprint density at radius 1 is 1.45 bits per heavy atom. The summed E-state index contributed by atoms with van der Waals surface area (Å²) in [5.41, 5.74) is 4.89. The molecular weight excluding hydrogens is 260 g/mol. The Balaban J connectivity index is 2.11. The molecule has 1 aromatic heterocycles. The number of carbonyl (C=O) groups is 1. The van der Waals surface area contributed by atoms with Crippen LogP contribution in [0, 0.1) is 5.41 Å². The third kappa shape index (κ3) is 2.89. The SMILES string of the molecule is NC(=NO)C1(C(=O)NCc2ncn[nH]2)CCCCCC1. The minimum atomic E-state index is -0.911. The Kier molecular flexibility index (Phi) is 4.54. The van der Waals surface area contributed by atoms with E-state index in [1.165, 1.54) is 6.33 Å². The zero-order chi connectivity index (χ0) is 14.4. The predicted molar refractivity (Wildman–Crippen MR) is 71.8 cm³/mol. The highest BCUT2D eigenvalue weighted by atomic mass is 16.4. The van der Waals surface area contributed by atoms with Crippen LogP contribution in [0.25, 0.3) is 0 Å². The van der Waals surface area contributed by atoms with Gasteiger partial charge in [-0.15, -0.1) is 0 Å². The Bertz CT molecular complexity index is 462. The maximum atomic E-state index is 12.5. The van der Waals surface area contributed by atoms with Crippen LogP contribution < -0.4 is 11.1 Å². The summed E-state index contributed by atoms with van der Waals surface area (Å²) in [5, 5.41) is 21.3. The quantitative estimate of drug-likeness (QED) is 0.210. The van der Waals surface area contributed by atoms with E-state index in [0.29, 0.717) is 18.7 Å². The molecule has 1 aliphatic rings. The number of oxime groups is 1. The average molecular weight is 280 g/mol. The summed E-state index contributed by atoms with van der Waals surface area (Å²) in [6.45, 7) is 0.249. The summed E-state index contributed by atoms with van der Waals surface area (Å²) in [4.78, 5) is 16.5. The molecule has 5 N–H and O–H groups in total. The fourth-order valence-corrected chi connectivity index (χ4v) is 2.68. The van der Waals surface area contributed by atoms with Crippen molar-refractivity contribution in [1.82, 2.24) is 20.5 Å². The van der Waals surface area contributed by atoms with Crippen LogP contribution in [-0.4, -0.2) is 32.1 Å². The van der Waals surface area contributed by atoms with Gasteiger partial charge in [-0.25, -0.2) is 4.98 Å². The Morgan fingerprint density at radius 3 is 2.70 bits per heavy atom. The number of amidine groups is 1. The van der Waals surface area contributed by atoms with Crippen LogP contribution in [0.5, 0.6) is 0 Å². The van der Waals surface area contributed by atoms with Crippen LogP contribution in [-0.2, 0) is 11.3 Å². The highest BCUT2D eigenvalue weighted by molar-refractivity contribution is 6.06. The summed E-state index contributed by atoms with van der Waals surface area (Å²) >= 11 is 0. The maximum absolute atomic E-state index is 12.5. The number of aromatic nitrogens is 3. The molecule has 8 heteroatoms. The molecule has 8 nitrogen and oxygen atoms in total. The number of H-pyrrole nitrogens is 1. The van der Waals surface area contributed by atoms with E-state index in [2.05, 4.69) is 25.7 Å². The molecule has 1 saturated carbocycles. The van der Waals surface area contributed by atoms with Crippen LogP contribution in [0.15, 0.2) is 11.5 Å². The Morgan fingerprint density at radius 2 is 2.15 bits per heavy atom. The Hall–Kier alpha value is -2.12. The van der Waals surface area contributed by atoms with Crippen LogP contribution in [0.1, 0.15) is 44.3 Å². The van der Waals surface area contributed by atoms with Gasteiger partial charge in [-0.05, 0) is 12.8 Å². The van der Waals surface area contributed by atoms with Gasteiger partial charge in [-0.1, -0.05) is 30.8 Å². The third-order valence-corrected chi connectivity index (χ3v) is 3.87. The van der Waals surface area contributed by atoms with Gasteiger partial charge in [0.1, 0.15) is 17.6 Å². The summed E-state index contributed by atoms with van der Waals surface area (Å²) in [6.07, 6.45) is 6.51. The molecule has 1 heterocycles. The van der Waals surface area contributed by atoms with Gasteiger partial charge in [0.25, 0.3) is 0 Å². The molecule has 1 aliphatic carbocycles. The van der Waals surface area contributed by atoms with Crippen molar-refractivity contribution in [3.05, 3.63) is 12.2 Å². The molecule has 1 fully saturated rings. The van der Waals surface area contributed by atoms with Gasteiger partial charge >= 0.3 is 0 Å². The first-order valence-electron chi connectivity index (χ1n) is 6.79. The molecule has 0 unspecified atom stereocenters. The molecule has 0 aliphatic heterocycles. The molecule has 20 heavy (non-hydrogen) atoms. The lowest BCUT2D eigenvalue weighted by Gasteiger charge is -2.29. The second-order valence-corrected chi connectivity index (χ2v) is 5.10. The van der Waals surface area contributed by atoms with Crippen molar-refractivity contribution < 1.29 is 10.0 Å². The van der Waals surface area contributed by atoms with E-state index in [-0.39, 0.29) is 18.3 Å². The van der Waals surface area contributed by atoms with Crippen LogP contribution in [0.4, 0.5) is 0 Å². The molecule has 1 amide bonds. The van der Waals surface area contributed by atoms with E-state index in [1.54, 1.807) is 0 Å². The normalized spacial score (nSPS) is 19.3. The highest BCUT2D eigenvalue weighted by Gasteiger charge is 2.42. The molecule has 0 atom stereocenters. The topological polar surface area (TPSA) is 129 Å². The number of aromatic amines is 1. The molecule has 0 bridgehead atoms. The van der Waals surface area contributed by atoms with Gasteiger partial charge in [-0.3, -0.25) is 9.89 Å². The highest BCUT2D eigenvalue weighted by Crippen LogP contribution is 2.35. The number of amides is 1. The van der Waals surface area contributed by atoms with Gasteiger partial charge in [0.15, 0.2) is 5.84 Å². The van der Waals surface area contributed by atoms with E-state index in [1.807, 2.05) is 0 Å². The lowest BCUT2D eigenvalue weighted by molar-refractivity contribution is -0.128. The molecule has 0 spiro atoms. The number of hydrogen-bond acceptors (Lipinski definition) is 5. The number of nitrogens with one attached hydrogen (secondary N) is 2. The number of rotatable bonds is 4. The number of carbonyl (C=O) groups excluding carboxylic acids is 1. The zero-order valence-electron chi connectivity index (χ0n) is 11.3. The largest absolute Gasteiger partial charge is 0.409 e. The third-order valence-electron chi connectivity index (χ3n) is 3.87. The van der Waals surface area contributed by atoms with Gasteiger partial charge < -0.3 is 16.3 Å². The van der Waals surface area contributed by atoms with Crippen molar-refractivity contribution in [3.8, 4) is 0 Å². The monoisotopic (exact) mass is 280 g/mol. The number of nitrogens with two attached hydrogens (primary N) is 1. The number of hydrogen-bond donors (Lipinski definition) is 4. The molecular formula is C12H20N6O2. The van der Waals surface area contributed by atoms with Gasteiger partial charge in [-0.2, -0.15) is 5.10 Å². The zero-order valence-corrected chi connectivity index (χ0v) is 11.3. The second-order valence-electron chi connectivity index (χ2n) is 5.10. The molecule has 110 valence electrons. The fraction of sp³-hybridized carbons (Fsp3) is 0.667. The molecule has 1 aromatic rings. The summed E-state index contributed by atoms with van der Waals surface area (Å²) < 4.78 is 0.